The topological polar surface area (TPSA) is 46.5 Å². The summed E-state index contributed by atoms with van der Waals surface area (Å²) in [4.78, 5) is 11.1. The van der Waals surface area contributed by atoms with Gasteiger partial charge in [0.05, 0.1) is 13.7 Å². The summed E-state index contributed by atoms with van der Waals surface area (Å²) in [5, 5.41) is 9.24. The average Bonchev–Trinajstić information content (AvgIpc) is 2.29. The number of ether oxygens (including phenoxy) is 1. The molecule has 0 aliphatic carbocycles. The van der Waals surface area contributed by atoms with E-state index in [9.17, 15) is 9.90 Å². The van der Waals surface area contributed by atoms with E-state index in [0.29, 0.717) is 12.8 Å². The molecule has 3 heteroatoms. The maximum Gasteiger partial charge on any atom is 0.305 e. The van der Waals surface area contributed by atoms with E-state index in [-0.39, 0.29) is 12.6 Å². The summed E-state index contributed by atoms with van der Waals surface area (Å²) in [5.74, 6) is -0.220. The van der Waals surface area contributed by atoms with Crippen molar-refractivity contribution in [2.24, 2.45) is 0 Å². The molecule has 0 aliphatic rings. The van der Waals surface area contributed by atoms with Crippen molar-refractivity contribution in [1.29, 1.82) is 0 Å². The molecular formula is C13H18O3. The molecule has 0 spiro atoms. The zero-order valence-corrected chi connectivity index (χ0v) is 10.0. The van der Waals surface area contributed by atoms with Crippen LogP contribution in [0.3, 0.4) is 0 Å². The molecule has 0 fully saturated rings. The van der Waals surface area contributed by atoms with E-state index in [1.54, 1.807) is 0 Å². The van der Waals surface area contributed by atoms with Crippen LogP contribution in [-0.2, 0) is 22.6 Å². The molecular weight excluding hydrogens is 204 g/mol. The molecule has 3 nitrogen and oxygen atoms in total. The Morgan fingerprint density at radius 2 is 1.81 bits per heavy atom. The Morgan fingerprint density at radius 1 is 1.25 bits per heavy atom. The maximum absolute atomic E-state index is 11.1. The number of carbonyl (C=O) groups is 1. The lowest BCUT2D eigenvalue weighted by molar-refractivity contribution is -0.140. The van der Waals surface area contributed by atoms with E-state index in [1.165, 1.54) is 12.7 Å². The van der Waals surface area contributed by atoms with Crippen LogP contribution in [0.4, 0.5) is 0 Å². The third kappa shape index (κ3) is 3.07. The second-order valence-electron chi connectivity index (χ2n) is 3.94. The lowest BCUT2D eigenvalue weighted by Gasteiger charge is -2.10. The lowest BCUT2D eigenvalue weighted by atomic mass is 9.97. The molecule has 1 rings (SSSR count). The van der Waals surface area contributed by atoms with E-state index < -0.39 is 0 Å². The Labute approximate surface area is 96.1 Å². The van der Waals surface area contributed by atoms with Gasteiger partial charge in [0.1, 0.15) is 0 Å². The minimum Gasteiger partial charge on any atom is -0.469 e. The Balaban J connectivity index is 2.86. The first-order valence-electron chi connectivity index (χ1n) is 5.35. The molecule has 0 saturated heterocycles. The van der Waals surface area contributed by atoms with E-state index in [0.717, 1.165) is 16.7 Å². The lowest BCUT2D eigenvalue weighted by Crippen LogP contribution is -2.04. The van der Waals surface area contributed by atoms with Crippen molar-refractivity contribution >= 4 is 5.97 Å². The number of esters is 1. The highest BCUT2D eigenvalue weighted by Crippen LogP contribution is 2.18. The van der Waals surface area contributed by atoms with Gasteiger partial charge in [-0.15, -0.1) is 0 Å². The fraction of sp³-hybridized carbons (Fsp3) is 0.462. The van der Waals surface area contributed by atoms with E-state index in [1.807, 2.05) is 26.0 Å². The summed E-state index contributed by atoms with van der Waals surface area (Å²) in [7, 11) is 1.38. The molecule has 0 aliphatic heterocycles. The zero-order chi connectivity index (χ0) is 12.1. The fourth-order valence-corrected chi connectivity index (χ4v) is 1.65. The van der Waals surface area contributed by atoms with Crippen LogP contribution in [0.5, 0.6) is 0 Å². The molecule has 0 radical (unpaired) electrons. The minimum atomic E-state index is -0.220. The number of benzene rings is 1. The van der Waals surface area contributed by atoms with Crippen LogP contribution >= 0.6 is 0 Å². The molecule has 0 atom stereocenters. The Morgan fingerprint density at radius 3 is 2.31 bits per heavy atom. The molecule has 0 unspecified atom stereocenters. The first-order chi connectivity index (χ1) is 7.58. The number of aliphatic hydroxyl groups is 1. The van der Waals surface area contributed by atoms with Crippen molar-refractivity contribution in [3.05, 3.63) is 34.4 Å². The second-order valence-corrected chi connectivity index (χ2v) is 3.94. The van der Waals surface area contributed by atoms with Gasteiger partial charge in [-0.25, -0.2) is 0 Å². The Bertz CT molecular complexity index is 383. The maximum atomic E-state index is 11.1. The summed E-state index contributed by atoms with van der Waals surface area (Å²) in [6.07, 6.45) is 0.968. The third-order valence-electron chi connectivity index (χ3n) is 2.81. The molecule has 1 aromatic carbocycles. The van der Waals surface area contributed by atoms with E-state index in [4.69, 9.17) is 0 Å². The van der Waals surface area contributed by atoms with E-state index >= 15 is 0 Å². The highest BCUT2D eigenvalue weighted by atomic mass is 16.5. The van der Waals surface area contributed by atoms with Crippen LogP contribution in [0, 0.1) is 13.8 Å². The normalized spacial score (nSPS) is 10.2. The highest BCUT2D eigenvalue weighted by molar-refractivity contribution is 5.69. The van der Waals surface area contributed by atoms with Gasteiger partial charge in [0.25, 0.3) is 0 Å². The number of aliphatic hydroxyl groups excluding tert-OH is 1. The summed E-state index contributed by atoms with van der Waals surface area (Å²) < 4.78 is 4.60. The standard InChI is InChI=1S/C13H18O3/c1-9-6-11(4-5-13(15)16-3)12(8-14)7-10(9)2/h6-7,14H,4-5,8H2,1-3H3. The summed E-state index contributed by atoms with van der Waals surface area (Å²) in [6, 6.07) is 4.01. The number of aryl methyl sites for hydroxylation is 3. The third-order valence-corrected chi connectivity index (χ3v) is 2.81. The van der Waals surface area contributed by atoms with Crippen LogP contribution in [0.25, 0.3) is 0 Å². The predicted molar refractivity (Wildman–Crippen MR) is 62.2 cm³/mol. The molecule has 1 aromatic rings. The molecule has 88 valence electrons. The summed E-state index contributed by atoms with van der Waals surface area (Å²) >= 11 is 0. The van der Waals surface area contributed by atoms with Crippen LogP contribution in [0.2, 0.25) is 0 Å². The monoisotopic (exact) mass is 222 g/mol. The largest absolute Gasteiger partial charge is 0.469 e. The molecule has 0 bridgehead atoms. The number of hydrogen-bond donors (Lipinski definition) is 1. The molecule has 16 heavy (non-hydrogen) atoms. The number of carbonyl (C=O) groups excluding carboxylic acids is 1. The van der Waals surface area contributed by atoms with Crippen molar-refractivity contribution in [2.45, 2.75) is 33.3 Å². The van der Waals surface area contributed by atoms with Crippen LogP contribution < -0.4 is 0 Å². The van der Waals surface area contributed by atoms with Gasteiger partial charge >= 0.3 is 5.97 Å². The van der Waals surface area contributed by atoms with Gasteiger partial charge in [-0.1, -0.05) is 12.1 Å². The van der Waals surface area contributed by atoms with Crippen molar-refractivity contribution in [3.63, 3.8) is 0 Å². The van der Waals surface area contributed by atoms with E-state index in [2.05, 4.69) is 4.74 Å². The van der Waals surface area contributed by atoms with Crippen LogP contribution in [0.15, 0.2) is 12.1 Å². The van der Waals surface area contributed by atoms with Gasteiger partial charge in [-0.3, -0.25) is 4.79 Å². The van der Waals surface area contributed by atoms with Gasteiger partial charge < -0.3 is 9.84 Å². The van der Waals surface area contributed by atoms with Gasteiger partial charge in [-0.05, 0) is 42.5 Å². The molecule has 0 amide bonds. The Hall–Kier alpha value is -1.35. The first-order valence-corrected chi connectivity index (χ1v) is 5.35. The number of methoxy groups -OCH3 is 1. The van der Waals surface area contributed by atoms with Crippen molar-refractivity contribution in [2.75, 3.05) is 7.11 Å². The smallest absolute Gasteiger partial charge is 0.305 e. The highest BCUT2D eigenvalue weighted by Gasteiger charge is 2.07. The number of rotatable bonds is 4. The second kappa shape index (κ2) is 5.66. The fourth-order valence-electron chi connectivity index (χ4n) is 1.65. The average molecular weight is 222 g/mol. The van der Waals surface area contributed by atoms with Gasteiger partial charge in [0, 0.05) is 6.42 Å². The van der Waals surface area contributed by atoms with Crippen molar-refractivity contribution < 1.29 is 14.6 Å². The SMILES string of the molecule is COC(=O)CCc1cc(C)c(C)cc1CO. The summed E-state index contributed by atoms with van der Waals surface area (Å²) in [6.45, 7) is 4.05. The van der Waals surface area contributed by atoms with Gasteiger partial charge in [0.2, 0.25) is 0 Å². The molecule has 0 heterocycles. The van der Waals surface area contributed by atoms with Crippen molar-refractivity contribution in [3.8, 4) is 0 Å². The molecule has 0 saturated carbocycles. The number of hydrogen-bond acceptors (Lipinski definition) is 3. The molecule has 0 aromatic heterocycles. The zero-order valence-electron chi connectivity index (χ0n) is 10.0. The predicted octanol–water partition coefficient (Wildman–Crippen LogP) is 1.90. The van der Waals surface area contributed by atoms with Crippen LogP contribution in [-0.4, -0.2) is 18.2 Å². The Kier molecular flexibility index (Phi) is 4.50. The van der Waals surface area contributed by atoms with Gasteiger partial charge in [-0.2, -0.15) is 0 Å². The molecule has 1 N–H and O–H groups in total. The summed E-state index contributed by atoms with van der Waals surface area (Å²) in [5.41, 5.74) is 4.26. The van der Waals surface area contributed by atoms with Gasteiger partial charge in [0.15, 0.2) is 0 Å². The first kappa shape index (κ1) is 12.7. The van der Waals surface area contributed by atoms with Crippen LogP contribution in [0.1, 0.15) is 28.7 Å². The quantitative estimate of drug-likeness (QED) is 0.791. The van der Waals surface area contributed by atoms with Crippen molar-refractivity contribution in [1.82, 2.24) is 0 Å². The minimum absolute atomic E-state index is 0.0115.